The molecular formula is C13H18Cl2N2O4S. The van der Waals surface area contributed by atoms with Crippen LogP contribution in [-0.4, -0.2) is 46.9 Å². The van der Waals surface area contributed by atoms with Gasteiger partial charge in [0.05, 0.1) is 23.6 Å². The number of ether oxygens (including phenoxy) is 1. The highest BCUT2D eigenvalue weighted by atomic mass is 35.5. The number of carbonyl (C=O) groups is 1. The van der Waals surface area contributed by atoms with E-state index < -0.39 is 22.5 Å². The van der Waals surface area contributed by atoms with Gasteiger partial charge in [-0.25, -0.2) is 8.42 Å². The molecule has 22 heavy (non-hydrogen) atoms. The second kappa shape index (κ2) is 8.01. The number of benzene rings is 1. The summed E-state index contributed by atoms with van der Waals surface area (Å²) in [4.78, 5) is 12.0. The molecule has 6 nitrogen and oxygen atoms in total. The summed E-state index contributed by atoms with van der Waals surface area (Å²) in [5, 5.41) is 3.15. The van der Waals surface area contributed by atoms with Gasteiger partial charge in [-0.3, -0.25) is 9.10 Å². The minimum atomic E-state index is -3.70. The van der Waals surface area contributed by atoms with Crippen LogP contribution in [0.1, 0.15) is 6.92 Å². The van der Waals surface area contributed by atoms with Gasteiger partial charge in [-0.15, -0.1) is 0 Å². The smallest absolute Gasteiger partial charge is 0.241 e. The largest absolute Gasteiger partial charge is 0.383 e. The minimum Gasteiger partial charge on any atom is -0.383 e. The molecule has 1 aromatic rings. The first kappa shape index (κ1) is 19.0. The van der Waals surface area contributed by atoms with E-state index >= 15 is 0 Å². The van der Waals surface area contributed by atoms with Crippen LogP contribution in [0.5, 0.6) is 0 Å². The molecule has 0 aromatic heterocycles. The molecule has 0 fully saturated rings. The molecule has 1 aromatic carbocycles. The lowest BCUT2D eigenvalue weighted by atomic mass is 10.3. The highest BCUT2D eigenvalue weighted by Gasteiger charge is 2.23. The topological polar surface area (TPSA) is 75.7 Å². The lowest BCUT2D eigenvalue weighted by molar-refractivity contribution is -0.120. The van der Waals surface area contributed by atoms with Crippen LogP contribution >= 0.6 is 23.2 Å². The van der Waals surface area contributed by atoms with Gasteiger partial charge in [0, 0.05) is 18.2 Å². The Bertz CT molecular complexity index is 637. The van der Waals surface area contributed by atoms with E-state index in [-0.39, 0.29) is 16.8 Å². The highest BCUT2D eigenvalue weighted by Crippen LogP contribution is 2.30. The number of hydrogen-bond acceptors (Lipinski definition) is 4. The molecule has 0 saturated carbocycles. The summed E-state index contributed by atoms with van der Waals surface area (Å²) in [6.45, 7) is 1.67. The minimum absolute atomic E-state index is 0.159. The molecule has 0 spiro atoms. The van der Waals surface area contributed by atoms with Crippen molar-refractivity contribution < 1.29 is 17.9 Å². The van der Waals surface area contributed by atoms with E-state index in [2.05, 4.69) is 5.32 Å². The van der Waals surface area contributed by atoms with Gasteiger partial charge in [-0.2, -0.15) is 0 Å². The Morgan fingerprint density at radius 2 is 2.05 bits per heavy atom. The molecule has 9 heteroatoms. The van der Waals surface area contributed by atoms with Gasteiger partial charge in [-0.05, 0) is 25.1 Å². The van der Waals surface area contributed by atoms with E-state index in [1.54, 1.807) is 6.92 Å². The Labute approximate surface area is 140 Å². The molecular weight excluding hydrogens is 351 g/mol. The van der Waals surface area contributed by atoms with Gasteiger partial charge < -0.3 is 10.1 Å². The first-order valence-corrected chi connectivity index (χ1v) is 8.96. The standard InChI is InChI=1S/C13H18Cl2N2O4S/c1-9(8-21-2)16-13(18)7-17(22(3,19)20)12-6-10(14)4-5-11(12)15/h4-6,9H,7-8H2,1-3H3,(H,16,18)/t9-/m0/s1. The quantitative estimate of drug-likeness (QED) is 0.797. The van der Waals surface area contributed by atoms with Crippen LogP contribution in [0.4, 0.5) is 5.69 Å². The average molecular weight is 369 g/mol. The molecule has 0 radical (unpaired) electrons. The average Bonchev–Trinajstić information content (AvgIpc) is 2.38. The number of carbonyl (C=O) groups excluding carboxylic acids is 1. The van der Waals surface area contributed by atoms with Gasteiger partial charge in [0.1, 0.15) is 6.54 Å². The van der Waals surface area contributed by atoms with Crippen LogP contribution in [0.3, 0.4) is 0 Å². The summed E-state index contributed by atoms with van der Waals surface area (Å²) in [7, 11) is -2.19. The summed E-state index contributed by atoms with van der Waals surface area (Å²) >= 11 is 11.9. The maximum Gasteiger partial charge on any atom is 0.241 e. The number of methoxy groups -OCH3 is 1. The van der Waals surface area contributed by atoms with Crippen LogP contribution in [0.25, 0.3) is 0 Å². The van der Waals surface area contributed by atoms with E-state index in [0.717, 1.165) is 10.6 Å². The molecule has 1 amide bonds. The Balaban J connectivity index is 3.01. The van der Waals surface area contributed by atoms with Gasteiger partial charge >= 0.3 is 0 Å². The molecule has 0 saturated heterocycles. The SMILES string of the molecule is COC[C@H](C)NC(=O)CN(c1cc(Cl)ccc1Cl)S(C)(=O)=O. The van der Waals surface area contributed by atoms with Gasteiger partial charge in [-0.1, -0.05) is 23.2 Å². The fourth-order valence-electron chi connectivity index (χ4n) is 1.80. The van der Waals surface area contributed by atoms with Crippen LogP contribution in [0.2, 0.25) is 10.0 Å². The van der Waals surface area contributed by atoms with Crippen molar-refractivity contribution in [3.63, 3.8) is 0 Å². The van der Waals surface area contributed by atoms with E-state index in [1.165, 1.54) is 25.3 Å². The molecule has 0 heterocycles. The molecule has 1 rings (SSSR count). The highest BCUT2D eigenvalue weighted by molar-refractivity contribution is 7.92. The first-order valence-electron chi connectivity index (χ1n) is 6.36. The third-order valence-electron chi connectivity index (χ3n) is 2.69. The van der Waals surface area contributed by atoms with Crippen molar-refractivity contribution >= 4 is 44.8 Å². The fraction of sp³-hybridized carbons (Fsp3) is 0.462. The normalized spacial score (nSPS) is 12.8. The summed E-state index contributed by atoms with van der Waals surface area (Å²) in [5.41, 5.74) is 0.159. The van der Waals surface area contributed by atoms with Crippen LogP contribution in [0, 0.1) is 0 Å². The lowest BCUT2D eigenvalue weighted by Crippen LogP contribution is -2.44. The number of halogens is 2. The lowest BCUT2D eigenvalue weighted by Gasteiger charge is -2.24. The number of anilines is 1. The van der Waals surface area contributed by atoms with Gasteiger partial charge in [0.25, 0.3) is 0 Å². The predicted molar refractivity (Wildman–Crippen MR) is 88.1 cm³/mol. The van der Waals surface area contributed by atoms with E-state index in [4.69, 9.17) is 27.9 Å². The zero-order valence-electron chi connectivity index (χ0n) is 12.5. The third-order valence-corrected chi connectivity index (χ3v) is 4.37. The van der Waals surface area contributed by atoms with Crippen molar-refractivity contribution in [3.8, 4) is 0 Å². The maximum atomic E-state index is 12.0. The Morgan fingerprint density at radius 1 is 1.41 bits per heavy atom. The molecule has 0 bridgehead atoms. The molecule has 0 aliphatic heterocycles. The molecule has 1 atom stereocenters. The molecule has 0 aliphatic carbocycles. The number of nitrogens with one attached hydrogen (secondary N) is 1. The Hall–Kier alpha value is -1.02. The van der Waals surface area contributed by atoms with Crippen molar-refractivity contribution in [2.45, 2.75) is 13.0 Å². The van der Waals surface area contributed by atoms with Crippen molar-refractivity contribution in [1.29, 1.82) is 0 Å². The second-order valence-electron chi connectivity index (χ2n) is 4.79. The van der Waals surface area contributed by atoms with Crippen LogP contribution in [0.15, 0.2) is 18.2 Å². The second-order valence-corrected chi connectivity index (χ2v) is 7.54. The number of hydrogen-bond donors (Lipinski definition) is 1. The van der Waals surface area contributed by atoms with E-state index in [0.29, 0.717) is 11.6 Å². The summed E-state index contributed by atoms with van der Waals surface area (Å²) in [5.74, 6) is -0.467. The number of amides is 1. The molecule has 124 valence electrons. The maximum absolute atomic E-state index is 12.0. The summed E-state index contributed by atoms with van der Waals surface area (Å²) in [6.07, 6.45) is 0.996. The molecule has 1 N–H and O–H groups in total. The van der Waals surface area contributed by atoms with Crippen molar-refractivity contribution in [2.75, 3.05) is 30.8 Å². The Morgan fingerprint density at radius 3 is 2.59 bits per heavy atom. The van der Waals surface area contributed by atoms with Crippen LogP contribution < -0.4 is 9.62 Å². The number of sulfonamides is 1. The van der Waals surface area contributed by atoms with Gasteiger partial charge in [0.2, 0.25) is 15.9 Å². The van der Waals surface area contributed by atoms with E-state index in [1.807, 2.05) is 0 Å². The predicted octanol–water partition coefficient (Wildman–Crippen LogP) is 1.91. The third kappa shape index (κ3) is 5.64. The van der Waals surface area contributed by atoms with Gasteiger partial charge in [0.15, 0.2) is 0 Å². The fourth-order valence-corrected chi connectivity index (χ4v) is 3.10. The zero-order chi connectivity index (χ0) is 16.9. The van der Waals surface area contributed by atoms with Crippen molar-refractivity contribution in [1.82, 2.24) is 5.32 Å². The zero-order valence-corrected chi connectivity index (χ0v) is 14.8. The van der Waals surface area contributed by atoms with E-state index in [9.17, 15) is 13.2 Å². The molecule has 0 unspecified atom stereocenters. The van der Waals surface area contributed by atoms with Crippen LogP contribution in [-0.2, 0) is 19.6 Å². The van der Waals surface area contributed by atoms with Crippen molar-refractivity contribution in [3.05, 3.63) is 28.2 Å². The Kier molecular flexibility index (Phi) is 6.93. The summed E-state index contributed by atoms with van der Waals surface area (Å²) < 4.78 is 29.7. The monoisotopic (exact) mass is 368 g/mol. The summed E-state index contributed by atoms with van der Waals surface area (Å²) in [6, 6.07) is 4.17. The number of rotatable bonds is 7. The first-order chi connectivity index (χ1) is 10.1. The molecule has 0 aliphatic rings. The van der Waals surface area contributed by atoms with Crippen molar-refractivity contribution in [2.24, 2.45) is 0 Å². The number of nitrogens with zero attached hydrogens (tertiary/aromatic N) is 1.